The number of nitriles is 1. The Kier molecular flexibility index (Phi) is 5.98. The summed E-state index contributed by atoms with van der Waals surface area (Å²) >= 11 is 6.17. The number of rotatable bonds is 6. The van der Waals surface area contributed by atoms with Gasteiger partial charge < -0.3 is 10.2 Å². The second-order valence-corrected chi connectivity index (χ2v) is 11.2. The Bertz CT molecular complexity index is 1840. The van der Waals surface area contributed by atoms with Crippen molar-refractivity contribution in [3.63, 3.8) is 0 Å². The number of pyridine rings is 3. The molecular weight excluding hydrogens is 538 g/mol. The van der Waals surface area contributed by atoms with Crippen molar-refractivity contribution in [3.05, 3.63) is 83.3 Å². The van der Waals surface area contributed by atoms with Crippen LogP contribution in [0, 0.1) is 36.0 Å². The molecule has 0 spiro atoms. The summed E-state index contributed by atoms with van der Waals surface area (Å²) in [5.41, 5.74) is 6.04. The average Bonchev–Trinajstić information content (AvgIpc) is 3.42. The van der Waals surface area contributed by atoms with Gasteiger partial charge in [-0.2, -0.15) is 15.5 Å². The molecule has 0 aromatic carbocycles. The minimum Gasteiger partial charge on any atom is -0.356 e. The first-order valence-corrected chi connectivity index (χ1v) is 13.8. The molecular formula is C30H26ClN9O. The summed E-state index contributed by atoms with van der Waals surface area (Å²) in [6, 6.07) is 11.9. The van der Waals surface area contributed by atoms with Crippen molar-refractivity contribution < 1.29 is 4.79 Å². The number of carbonyl (C=O) groups is 1. The van der Waals surface area contributed by atoms with Crippen LogP contribution in [0.2, 0.25) is 5.02 Å². The summed E-state index contributed by atoms with van der Waals surface area (Å²) in [6.45, 7) is 4.27. The van der Waals surface area contributed by atoms with Crippen molar-refractivity contribution in [3.8, 4) is 28.3 Å². The maximum Gasteiger partial charge on any atom is 0.271 e. The standard InChI is InChI=1S/C30H26ClN9O/c1-17-3-5-26(31)28(37-17)30(41)34-12-23-24-15-39(16-25(23)24)27-6-4-18(9-33-27)22-7-19(21-11-35-38(2)13-21)14-40-29(22)20(8-32)10-36-40/h3-7,9-11,13-14,23-25H,12,15-16H2,1-2H3,(H,34,41)/t23?,24-,25+. The van der Waals surface area contributed by atoms with Crippen LogP contribution in [0.25, 0.3) is 27.8 Å². The summed E-state index contributed by atoms with van der Waals surface area (Å²) in [6.07, 6.45) is 9.14. The predicted molar refractivity (Wildman–Crippen MR) is 154 cm³/mol. The SMILES string of the molecule is Cc1ccc(Cl)c(C(=O)NCC2[C@H]3CN(c4ccc(-c5cc(-c6cnn(C)c6)cn6ncc(C#N)c56)cn4)C[C@@H]23)n1. The van der Waals surface area contributed by atoms with Gasteiger partial charge in [-0.05, 0) is 55.0 Å². The van der Waals surface area contributed by atoms with Gasteiger partial charge in [0.25, 0.3) is 5.91 Å². The molecule has 10 nitrogen and oxygen atoms in total. The summed E-state index contributed by atoms with van der Waals surface area (Å²) in [4.78, 5) is 24.0. The van der Waals surface area contributed by atoms with E-state index in [1.54, 1.807) is 27.5 Å². The van der Waals surface area contributed by atoms with E-state index >= 15 is 0 Å². The smallest absolute Gasteiger partial charge is 0.271 e. The molecule has 1 N–H and O–H groups in total. The molecule has 7 rings (SSSR count). The largest absolute Gasteiger partial charge is 0.356 e. The lowest BCUT2D eigenvalue weighted by Crippen LogP contribution is -2.31. The van der Waals surface area contributed by atoms with Crippen LogP contribution in [-0.2, 0) is 7.05 Å². The van der Waals surface area contributed by atoms with Gasteiger partial charge in [-0.15, -0.1) is 0 Å². The Morgan fingerprint density at radius 1 is 1.07 bits per heavy atom. The summed E-state index contributed by atoms with van der Waals surface area (Å²) < 4.78 is 3.51. The molecule has 11 heteroatoms. The Morgan fingerprint density at radius 2 is 1.90 bits per heavy atom. The van der Waals surface area contributed by atoms with E-state index in [1.165, 1.54) is 0 Å². The van der Waals surface area contributed by atoms with E-state index in [2.05, 4.69) is 43.6 Å². The van der Waals surface area contributed by atoms with Crippen LogP contribution in [-0.4, -0.2) is 54.9 Å². The number of piperidine rings is 1. The molecule has 1 saturated heterocycles. The quantitative estimate of drug-likeness (QED) is 0.330. The van der Waals surface area contributed by atoms with E-state index in [9.17, 15) is 10.1 Å². The number of aryl methyl sites for hydroxylation is 2. The van der Waals surface area contributed by atoms with Crippen molar-refractivity contribution in [2.24, 2.45) is 24.8 Å². The molecule has 1 saturated carbocycles. The van der Waals surface area contributed by atoms with Crippen LogP contribution in [0.3, 0.4) is 0 Å². The van der Waals surface area contributed by atoms with Crippen LogP contribution >= 0.6 is 11.6 Å². The molecule has 5 aromatic rings. The molecule has 5 aromatic heterocycles. The van der Waals surface area contributed by atoms with Gasteiger partial charge in [0.15, 0.2) is 0 Å². The maximum atomic E-state index is 12.6. The van der Waals surface area contributed by atoms with Crippen LogP contribution in [0.15, 0.2) is 61.3 Å². The number of hydrogen-bond donors (Lipinski definition) is 1. The third-order valence-corrected chi connectivity index (χ3v) is 8.53. The second-order valence-electron chi connectivity index (χ2n) is 10.8. The number of nitrogens with zero attached hydrogens (tertiary/aromatic N) is 8. The number of fused-ring (bicyclic) bond motifs is 2. The minimum absolute atomic E-state index is 0.225. The summed E-state index contributed by atoms with van der Waals surface area (Å²) in [7, 11) is 1.88. The first kappa shape index (κ1) is 25.2. The summed E-state index contributed by atoms with van der Waals surface area (Å²) in [5.74, 6) is 2.20. The lowest BCUT2D eigenvalue weighted by molar-refractivity contribution is 0.0945. The number of nitrogens with one attached hydrogen (secondary N) is 1. The van der Waals surface area contributed by atoms with Crippen molar-refractivity contribution >= 4 is 28.8 Å². The normalized spacial score (nSPS) is 19.3. The predicted octanol–water partition coefficient (Wildman–Crippen LogP) is 4.14. The third kappa shape index (κ3) is 4.48. The van der Waals surface area contributed by atoms with Gasteiger partial charge in [-0.1, -0.05) is 11.6 Å². The number of halogens is 1. The van der Waals surface area contributed by atoms with E-state index in [-0.39, 0.29) is 11.6 Å². The van der Waals surface area contributed by atoms with Crippen molar-refractivity contribution in [2.75, 3.05) is 24.5 Å². The van der Waals surface area contributed by atoms with E-state index in [4.69, 9.17) is 16.6 Å². The zero-order valence-electron chi connectivity index (χ0n) is 22.5. The molecule has 2 fully saturated rings. The highest BCUT2D eigenvalue weighted by molar-refractivity contribution is 6.33. The molecule has 1 aliphatic carbocycles. The molecule has 0 radical (unpaired) electrons. The molecule has 3 atom stereocenters. The van der Waals surface area contributed by atoms with Crippen molar-refractivity contribution in [1.29, 1.82) is 5.26 Å². The van der Waals surface area contributed by atoms with E-state index in [0.29, 0.717) is 34.9 Å². The number of amides is 1. The van der Waals surface area contributed by atoms with Gasteiger partial charge >= 0.3 is 0 Å². The second kappa shape index (κ2) is 9.71. The Morgan fingerprint density at radius 3 is 2.61 bits per heavy atom. The molecule has 1 aliphatic heterocycles. The van der Waals surface area contributed by atoms with E-state index in [1.807, 2.05) is 44.8 Å². The van der Waals surface area contributed by atoms with Crippen molar-refractivity contribution in [1.82, 2.24) is 34.7 Å². The lowest BCUT2D eigenvalue weighted by atomic mass is 10.0. The number of aromatic nitrogens is 6. The topological polar surface area (TPSA) is 117 Å². The van der Waals surface area contributed by atoms with Crippen LogP contribution in [0.1, 0.15) is 21.7 Å². The van der Waals surface area contributed by atoms with E-state index < -0.39 is 0 Å². The molecule has 41 heavy (non-hydrogen) atoms. The molecule has 204 valence electrons. The highest BCUT2D eigenvalue weighted by Gasteiger charge is 2.55. The molecule has 2 aliphatic rings. The molecule has 6 heterocycles. The van der Waals surface area contributed by atoms with Gasteiger partial charge in [-0.3, -0.25) is 9.48 Å². The monoisotopic (exact) mass is 563 g/mol. The van der Waals surface area contributed by atoms with Crippen LogP contribution in [0.5, 0.6) is 0 Å². The van der Waals surface area contributed by atoms with Gasteiger partial charge in [0.1, 0.15) is 17.6 Å². The first-order chi connectivity index (χ1) is 19.9. The highest BCUT2D eigenvalue weighted by Crippen LogP contribution is 2.52. The highest BCUT2D eigenvalue weighted by atomic mass is 35.5. The third-order valence-electron chi connectivity index (χ3n) is 8.22. The Labute approximate surface area is 241 Å². The number of hydrogen-bond acceptors (Lipinski definition) is 7. The fraction of sp³-hybridized carbons (Fsp3) is 0.267. The van der Waals surface area contributed by atoms with Gasteiger partial charge in [0.2, 0.25) is 0 Å². The number of anilines is 1. The first-order valence-electron chi connectivity index (χ1n) is 13.4. The Hall–Kier alpha value is -4.75. The van der Waals surface area contributed by atoms with Crippen molar-refractivity contribution in [2.45, 2.75) is 6.92 Å². The molecule has 1 unspecified atom stereocenters. The van der Waals surface area contributed by atoms with Gasteiger partial charge in [0.05, 0.1) is 28.5 Å². The molecule has 0 bridgehead atoms. The van der Waals surface area contributed by atoms with Crippen LogP contribution < -0.4 is 10.2 Å². The average molecular weight is 564 g/mol. The molecule has 1 amide bonds. The minimum atomic E-state index is -0.225. The zero-order chi connectivity index (χ0) is 28.2. The number of carbonyl (C=O) groups excluding carboxylic acids is 1. The van der Waals surface area contributed by atoms with Crippen LogP contribution in [0.4, 0.5) is 5.82 Å². The lowest BCUT2D eigenvalue weighted by Gasteiger charge is -2.21. The van der Waals surface area contributed by atoms with Gasteiger partial charge in [0, 0.05) is 73.2 Å². The fourth-order valence-electron chi connectivity index (χ4n) is 6.02. The Balaban J connectivity index is 1.05. The van der Waals surface area contributed by atoms with Gasteiger partial charge in [-0.25, -0.2) is 14.5 Å². The summed E-state index contributed by atoms with van der Waals surface area (Å²) in [5, 5.41) is 21.8. The van der Waals surface area contributed by atoms with E-state index in [0.717, 1.165) is 52.4 Å². The maximum absolute atomic E-state index is 12.6. The fourth-order valence-corrected chi connectivity index (χ4v) is 6.21. The zero-order valence-corrected chi connectivity index (χ0v) is 23.2.